The second-order valence-electron chi connectivity index (χ2n) is 10.3. The highest BCUT2D eigenvalue weighted by Crippen LogP contribution is 2.48. The summed E-state index contributed by atoms with van der Waals surface area (Å²) in [4.78, 5) is 33.6. The first kappa shape index (κ1) is 24.7. The van der Waals surface area contributed by atoms with Crippen molar-refractivity contribution in [2.45, 2.75) is 39.5 Å². The van der Waals surface area contributed by atoms with Gasteiger partial charge in [-0.25, -0.2) is 0 Å². The predicted octanol–water partition coefficient (Wildman–Crippen LogP) is 5.19. The van der Waals surface area contributed by atoms with Crippen LogP contribution < -0.4 is 9.64 Å². The van der Waals surface area contributed by atoms with Crippen molar-refractivity contribution in [3.05, 3.63) is 71.4 Å². The largest absolute Gasteiger partial charge is 0.490 e. The molecule has 0 N–H and O–H groups in total. The standard InChI is InChI=1S/C29H34N2O4/c1-19-25(28(33)35-16-15-34-22-9-7-6-8-10-22)26(20-11-13-21(14-12-20)31(4)5)27-23(30-19)17-29(2,3)18-24(27)32/h6-14,25-26H,15-18H2,1-5H3/t25?,26-/m0/s1. The van der Waals surface area contributed by atoms with Crippen molar-refractivity contribution in [1.29, 1.82) is 0 Å². The Morgan fingerprint density at radius 1 is 1.03 bits per heavy atom. The number of anilines is 1. The zero-order valence-corrected chi connectivity index (χ0v) is 21.2. The van der Waals surface area contributed by atoms with Crippen molar-refractivity contribution in [2.24, 2.45) is 16.3 Å². The Hall–Kier alpha value is -3.41. The van der Waals surface area contributed by atoms with E-state index in [1.165, 1.54) is 0 Å². The molecule has 4 rings (SSSR count). The van der Waals surface area contributed by atoms with E-state index in [0.29, 0.717) is 24.1 Å². The molecule has 6 heteroatoms. The van der Waals surface area contributed by atoms with E-state index >= 15 is 0 Å². The molecule has 2 aromatic rings. The SMILES string of the molecule is CC1=NC2=C(C(=O)CC(C)(C)C2)[C@@H](c2ccc(N(C)C)cc2)C1C(=O)OCCOc1ccccc1. The van der Waals surface area contributed by atoms with E-state index in [4.69, 9.17) is 14.5 Å². The summed E-state index contributed by atoms with van der Waals surface area (Å²) in [5.74, 6) is -0.651. The fraction of sp³-hybridized carbons (Fsp3) is 0.414. The van der Waals surface area contributed by atoms with Gasteiger partial charge in [-0.3, -0.25) is 14.6 Å². The van der Waals surface area contributed by atoms with Crippen LogP contribution >= 0.6 is 0 Å². The van der Waals surface area contributed by atoms with Crippen LogP contribution in [0, 0.1) is 11.3 Å². The van der Waals surface area contributed by atoms with E-state index < -0.39 is 11.8 Å². The van der Waals surface area contributed by atoms with Gasteiger partial charge < -0.3 is 14.4 Å². The Morgan fingerprint density at radius 2 is 1.71 bits per heavy atom. The van der Waals surface area contributed by atoms with Crippen molar-refractivity contribution in [3.8, 4) is 5.75 Å². The van der Waals surface area contributed by atoms with Crippen LogP contribution in [0.15, 0.2) is 70.9 Å². The van der Waals surface area contributed by atoms with Gasteiger partial charge in [0.1, 0.15) is 24.9 Å². The summed E-state index contributed by atoms with van der Waals surface area (Å²) >= 11 is 0. The van der Waals surface area contributed by atoms with E-state index in [-0.39, 0.29) is 30.4 Å². The number of aliphatic imine (C=N–C) groups is 1. The normalized spacial score (nSPS) is 21.2. The number of para-hydroxylation sites is 1. The van der Waals surface area contributed by atoms with Gasteiger partial charge in [0.15, 0.2) is 5.78 Å². The average molecular weight is 475 g/mol. The summed E-state index contributed by atoms with van der Waals surface area (Å²) in [6.07, 6.45) is 1.16. The Balaban J connectivity index is 1.60. The molecule has 1 unspecified atom stereocenters. The van der Waals surface area contributed by atoms with Crippen molar-refractivity contribution < 1.29 is 19.1 Å². The predicted molar refractivity (Wildman–Crippen MR) is 138 cm³/mol. The van der Waals surface area contributed by atoms with Gasteiger partial charge in [0.05, 0.1) is 0 Å². The van der Waals surface area contributed by atoms with E-state index in [1.807, 2.05) is 80.5 Å². The summed E-state index contributed by atoms with van der Waals surface area (Å²) in [6, 6.07) is 17.5. The van der Waals surface area contributed by atoms with Crippen LogP contribution in [0.5, 0.6) is 5.75 Å². The van der Waals surface area contributed by atoms with Crippen LogP contribution in [0.25, 0.3) is 0 Å². The molecule has 0 aromatic heterocycles. The highest BCUT2D eigenvalue weighted by atomic mass is 16.6. The van der Waals surface area contributed by atoms with Crippen LogP contribution in [-0.4, -0.2) is 44.8 Å². The molecule has 1 heterocycles. The van der Waals surface area contributed by atoms with Gasteiger partial charge in [-0.2, -0.15) is 0 Å². The fourth-order valence-corrected chi connectivity index (χ4v) is 5.00. The summed E-state index contributed by atoms with van der Waals surface area (Å²) in [6.45, 7) is 6.42. The molecule has 6 nitrogen and oxygen atoms in total. The molecule has 2 atom stereocenters. The van der Waals surface area contributed by atoms with Crippen molar-refractivity contribution in [1.82, 2.24) is 0 Å². The highest BCUT2D eigenvalue weighted by molar-refractivity contribution is 6.09. The maximum Gasteiger partial charge on any atom is 0.315 e. The number of ketones is 1. The Bertz CT molecular complexity index is 1150. The van der Waals surface area contributed by atoms with Gasteiger partial charge in [0.25, 0.3) is 0 Å². The third-order valence-corrected chi connectivity index (χ3v) is 6.66. The van der Waals surface area contributed by atoms with Crippen molar-refractivity contribution in [2.75, 3.05) is 32.2 Å². The molecular weight excluding hydrogens is 440 g/mol. The molecule has 0 bridgehead atoms. The lowest BCUT2D eigenvalue weighted by molar-refractivity contribution is -0.147. The lowest BCUT2D eigenvalue weighted by atomic mass is 9.67. The van der Waals surface area contributed by atoms with Gasteiger partial charge in [0.2, 0.25) is 0 Å². The van der Waals surface area contributed by atoms with Gasteiger partial charge >= 0.3 is 5.97 Å². The van der Waals surface area contributed by atoms with Gasteiger partial charge in [0, 0.05) is 49.1 Å². The van der Waals surface area contributed by atoms with Crippen molar-refractivity contribution >= 4 is 23.2 Å². The third-order valence-electron chi connectivity index (χ3n) is 6.66. The second kappa shape index (κ2) is 10.1. The van der Waals surface area contributed by atoms with E-state index in [1.54, 1.807) is 0 Å². The summed E-state index contributed by atoms with van der Waals surface area (Å²) in [5.41, 5.74) is 3.98. The first-order valence-corrected chi connectivity index (χ1v) is 12.1. The van der Waals surface area contributed by atoms with Crippen LogP contribution in [0.4, 0.5) is 5.69 Å². The van der Waals surface area contributed by atoms with Gasteiger partial charge in [-0.15, -0.1) is 0 Å². The number of ether oxygens (including phenoxy) is 2. The molecule has 0 amide bonds. The lowest BCUT2D eigenvalue weighted by Gasteiger charge is -2.39. The fourth-order valence-electron chi connectivity index (χ4n) is 5.00. The molecule has 2 aromatic carbocycles. The Kier molecular flexibility index (Phi) is 7.10. The van der Waals surface area contributed by atoms with Crippen LogP contribution in [0.3, 0.4) is 0 Å². The number of hydrogen-bond acceptors (Lipinski definition) is 6. The topological polar surface area (TPSA) is 68.2 Å². The monoisotopic (exact) mass is 474 g/mol. The molecule has 1 aliphatic heterocycles. The van der Waals surface area contributed by atoms with Crippen LogP contribution in [-0.2, 0) is 14.3 Å². The third kappa shape index (κ3) is 5.47. The minimum absolute atomic E-state index is 0.0689. The second-order valence-corrected chi connectivity index (χ2v) is 10.3. The molecule has 0 saturated carbocycles. The van der Waals surface area contributed by atoms with E-state index in [0.717, 1.165) is 22.7 Å². The number of nitrogens with zero attached hydrogens (tertiary/aromatic N) is 2. The molecule has 0 saturated heterocycles. The van der Waals surface area contributed by atoms with Crippen LogP contribution in [0.1, 0.15) is 45.1 Å². The first-order valence-electron chi connectivity index (χ1n) is 12.1. The lowest BCUT2D eigenvalue weighted by Crippen LogP contribution is -2.39. The molecular formula is C29H34N2O4. The number of hydrogen-bond donors (Lipinski definition) is 0. The molecule has 1 aliphatic carbocycles. The van der Waals surface area contributed by atoms with E-state index in [2.05, 4.69) is 13.8 Å². The number of allylic oxidation sites excluding steroid dienone is 2. The molecule has 35 heavy (non-hydrogen) atoms. The number of Topliss-reactive ketones (excluding diaryl/α,β-unsaturated/α-hetero) is 1. The number of carbonyl (C=O) groups excluding carboxylic acids is 2. The molecule has 184 valence electrons. The molecule has 0 spiro atoms. The minimum atomic E-state index is -0.652. The Morgan fingerprint density at radius 3 is 2.37 bits per heavy atom. The molecule has 0 fully saturated rings. The number of esters is 1. The quantitative estimate of drug-likeness (QED) is 0.408. The highest BCUT2D eigenvalue weighted by Gasteiger charge is 2.46. The Labute approximate surface area is 207 Å². The number of benzene rings is 2. The number of rotatable bonds is 7. The molecule has 2 aliphatic rings. The smallest absolute Gasteiger partial charge is 0.315 e. The number of carbonyl (C=O) groups is 2. The van der Waals surface area contributed by atoms with E-state index in [9.17, 15) is 9.59 Å². The maximum atomic E-state index is 13.4. The zero-order valence-electron chi connectivity index (χ0n) is 21.2. The van der Waals surface area contributed by atoms with Gasteiger partial charge in [-0.05, 0) is 48.6 Å². The summed E-state index contributed by atoms with van der Waals surface area (Å²) < 4.78 is 11.3. The molecule has 0 radical (unpaired) electrons. The summed E-state index contributed by atoms with van der Waals surface area (Å²) in [5, 5.41) is 0. The van der Waals surface area contributed by atoms with Gasteiger partial charge in [-0.1, -0.05) is 44.2 Å². The first-order chi connectivity index (χ1) is 16.7. The zero-order chi connectivity index (χ0) is 25.2. The van der Waals surface area contributed by atoms with Crippen molar-refractivity contribution in [3.63, 3.8) is 0 Å². The average Bonchev–Trinajstić information content (AvgIpc) is 2.80. The van der Waals surface area contributed by atoms with Crippen LogP contribution in [0.2, 0.25) is 0 Å². The summed E-state index contributed by atoms with van der Waals surface area (Å²) in [7, 11) is 3.97. The maximum absolute atomic E-state index is 13.4. The minimum Gasteiger partial charge on any atom is -0.490 e.